The fourth-order valence-corrected chi connectivity index (χ4v) is 2.56. The quantitative estimate of drug-likeness (QED) is 0.345. The number of carboxylic acids is 1. The normalized spacial score (nSPS) is 12.1. The molecule has 0 fully saturated rings. The van der Waals surface area contributed by atoms with Crippen LogP contribution in [0.3, 0.4) is 0 Å². The van der Waals surface area contributed by atoms with Crippen LogP contribution in [0, 0.1) is 0 Å². The first-order valence-corrected chi connectivity index (χ1v) is 8.56. The predicted molar refractivity (Wildman–Crippen MR) is 89.5 cm³/mol. The van der Waals surface area contributed by atoms with Gasteiger partial charge >= 0.3 is 21.6 Å². The van der Waals surface area contributed by atoms with Crippen molar-refractivity contribution in [2.75, 3.05) is 0 Å². The van der Waals surface area contributed by atoms with Crippen LogP contribution in [0.5, 0.6) is 5.75 Å². The van der Waals surface area contributed by atoms with Crippen molar-refractivity contribution in [3.63, 3.8) is 0 Å². The van der Waals surface area contributed by atoms with Gasteiger partial charge in [-0.05, 0) is 41.0 Å². The monoisotopic (exact) mass is 400 g/mol. The largest absolute Gasteiger partial charge is 0.534 e. The molecule has 27 heavy (non-hydrogen) atoms. The molecule has 0 aromatic heterocycles. The molecule has 2 aromatic carbocycles. The molecule has 0 saturated heterocycles. The van der Waals surface area contributed by atoms with E-state index in [1.165, 1.54) is 18.2 Å². The second-order valence-corrected chi connectivity index (χ2v) is 6.68. The second-order valence-electron chi connectivity index (χ2n) is 5.15. The zero-order chi connectivity index (χ0) is 20.2. The van der Waals surface area contributed by atoms with E-state index in [4.69, 9.17) is 5.11 Å². The predicted octanol–water partition coefficient (Wildman–Crippen LogP) is 3.49. The van der Waals surface area contributed by atoms with Gasteiger partial charge in [0, 0.05) is 11.6 Å². The van der Waals surface area contributed by atoms with Gasteiger partial charge in [-0.25, -0.2) is 4.79 Å². The summed E-state index contributed by atoms with van der Waals surface area (Å²) in [4.78, 5) is 21.7. The molecule has 0 spiro atoms. The standard InChI is InChI=1S/C17H11F3O6S/c18-17(19,20)27(24,25)26-14-5-6-15(13(9-14)4-7-16(22)23)12-3-1-2-11(8-12)10-21/h1-10H,(H,22,23). The van der Waals surface area contributed by atoms with Gasteiger partial charge in [0.25, 0.3) is 0 Å². The van der Waals surface area contributed by atoms with E-state index in [0.717, 1.165) is 24.3 Å². The van der Waals surface area contributed by atoms with Gasteiger partial charge in [0.15, 0.2) is 0 Å². The average Bonchev–Trinajstić information content (AvgIpc) is 2.58. The van der Waals surface area contributed by atoms with Crippen LogP contribution in [0.1, 0.15) is 15.9 Å². The zero-order valence-corrected chi connectivity index (χ0v) is 14.1. The molecule has 0 aliphatic carbocycles. The van der Waals surface area contributed by atoms with Crippen molar-refractivity contribution in [1.29, 1.82) is 0 Å². The van der Waals surface area contributed by atoms with Crippen molar-refractivity contribution < 1.29 is 40.5 Å². The smallest absolute Gasteiger partial charge is 0.478 e. The highest BCUT2D eigenvalue weighted by atomic mass is 32.2. The summed E-state index contributed by atoms with van der Waals surface area (Å²) in [5.74, 6) is -1.97. The Bertz CT molecular complexity index is 1010. The van der Waals surface area contributed by atoms with E-state index < -0.39 is 27.3 Å². The molecule has 0 bridgehead atoms. The number of rotatable bonds is 6. The second kappa shape index (κ2) is 7.62. The maximum absolute atomic E-state index is 12.5. The minimum atomic E-state index is -5.87. The topological polar surface area (TPSA) is 97.7 Å². The maximum atomic E-state index is 12.5. The van der Waals surface area contributed by atoms with Gasteiger partial charge in [0.1, 0.15) is 12.0 Å². The van der Waals surface area contributed by atoms with Gasteiger partial charge in [-0.15, -0.1) is 0 Å². The Labute approximate surface area is 151 Å². The van der Waals surface area contributed by atoms with E-state index in [1.807, 2.05) is 0 Å². The van der Waals surface area contributed by atoms with Crippen molar-refractivity contribution in [3.05, 3.63) is 59.7 Å². The number of hydrogen-bond donors (Lipinski definition) is 1. The Morgan fingerprint density at radius 1 is 1.11 bits per heavy atom. The van der Waals surface area contributed by atoms with Crippen molar-refractivity contribution in [2.45, 2.75) is 5.51 Å². The van der Waals surface area contributed by atoms with Crippen LogP contribution in [-0.4, -0.2) is 31.3 Å². The minimum absolute atomic E-state index is 0.0790. The van der Waals surface area contributed by atoms with Gasteiger partial charge in [-0.2, -0.15) is 21.6 Å². The van der Waals surface area contributed by atoms with E-state index in [0.29, 0.717) is 23.0 Å². The summed E-state index contributed by atoms with van der Waals surface area (Å²) >= 11 is 0. The lowest BCUT2D eigenvalue weighted by molar-refractivity contribution is -0.131. The van der Waals surface area contributed by atoms with Crippen molar-refractivity contribution in [1.82, 2.24) is 0 Å². The molecule has 0 radical (unpaired) electrons. The number of aldehydes is 1. The average molecular weight is 400 g/mol. The molecule has 0 saturated carbocycles. The van der Waals surface area contributed by atoms with Crippen molar-refractivity contribution >= 4 is 28.4 Å². The van der Waals surface area contributed by atoms with Crippen LogP contribution in [0.4, 0.5) is 13.2 Å². The molecule has 0 aliphatic heterocycles. The molecule has 0 atom stereocenters. The van der Waals surface area contributed by atoms with Gasteiger partial charge in [0.05, 0.1) is 0 Å². The van der Waals surface area contributed by atoms with Gasteiger partial charge in [0.2, 0.25) is 0 Å². The van der Waals surface area contributed by atoms with Crippen molar-refractivity contribution in [3.8, 4) is 16.9 Å². The van der Waals surface area contributed by atoms with Gasteiger partial charge in [-0.3, -0.25) is 4.79 Å². The van der Waals surface area contributed by atoms with Crippen molar-refractivity contribution in [2.24, 2.45) is 0 Å². The van der Waals surface area contributed by atoms with Crippen LogP contribution in [-0.2, 0) is 14.9 Å². The summed E-state index contributed by atoms with van der Waals surface area (Å²) < 4.78 is 63.7. The Kier molecular flexibility index (Phi) is 5.69. The third-order valence-corrected chi connectivity index (χ3v) is 4.23. The molecule has 0 aliphatic rings. The van der Waals surface area contributed by atoms with Crippen LogP contribution in [0.25, 0.3) is 17.2 Å². The lowest BCUT2D eigenvalue weighted by atomic mass is 9.97. The fourth-order valence-electron chi connectivity index (χ4n) is 2.11. The van der Waals surface area contributed by atoms with Gasteiger partial charge < -0.3 is 9.29 Å². The molecule has 2 aromatic rings. The van der Waals surface area contributed by atoms with Gasteiger partial charge in [-0.1, -0.05) is 24.3 Å². The summed E-state index contributed by atoms with van der Waals surface area (Å²) in [6.45, 7) is 0. The molecule has 0 heterocycles. The summed E-state index contributed by atoms with van der Waals surface area (Å²) in [5.41, 5.74) is -4.39. The van der Waals surface area contributed by atoms with E-state index >= 15 is 0 Å². The molecular formula is C17H11F3O6S. The van der Waals surface area contributed by atoms with E-state index in [1.54, 1.807) is 12.1 Å². The summed E-state index contributed by atoms with van der Waals surface area (Å²) in [6, 6.07) is 9.35. The van der Waals surface area contributed by atoms with Crippen LogP contribution < -0.4 is 4.18 Å². The molecule has 0 amide bonds. The lowest BCUT2D eigenvalue weighted by Gasteiger charge is -2.12. The summed E-state index contributed by atoms with van der Waals surface area (Å²) in [6.07, 6.45) is 2.38. The number of benzene rings is 2. The van der Waals surface area contributed by atoms with Crippen LogP contribution in [0.2, 0.25) is 0 Å². The number of carboxylic acid groups (broad SMARTS) is 1. The van der Waals surface area contributed by atoms with E-state index in [-0.39, 0.29) is 5.56 Å². The first-order valence-electron chi connectivity index (χ1n) is 7.15. The van der Waals surface area contributed by atoms with Crippen LogP contribution >= 0.6 is 0 Å². The number of carbonyl (C=O) groups excluding carboxylic acids is 1. The van der Waals surface area contributed by atoms with E-state index in [2.05, 4.69) is 4.18 Å². The number of aliphatic carboxylic acids is 1. The van der Waals surface area contributed by atoms with E-state index in [9.17, 15) is 31.2 Å². The SMILES string of the molecule is O=Cc1cccc(-c2ccc(OS(=O)(=O)C(F)(F)F)cc2C=CC(=O)O)c1. The highest BCUT2D eigenvalue weighted by Crippen LogP contribution is 2.32. The molecular weight excluding hydrogens is 389 g/mol. The number of carbonyl (C=O) groups is 2. The molecule has 10 heteroatoms. The third kappa shape index (κ3) is 4.94. The first-order chi connectivity index (χ1) is 12.5. The summed E-state index contributed by atoms with van der Waals surface area (Å²) in [7, 11) is -5.87. The number of halogens is 3. The Hall–Kier alpha value is -3.14. The highest BCUT2D eigenvalue weighted by Gasteiger charge is 2.48. The molecule has 0 unspecified atom stereocenters. The first kappa shape index (κ1) is 20.2. The molecule has 142 valence electrons. The summed E-state index contributed by atoms with van der Waals surface area (Å²) in [5, 5.41) is 8.77. The highest BCUT2D eigenvalue weighted by molar-refractivity contribution is 7.88. The molecule has 6 nitrogen and oxygen atoms in total. The third-order valence-electron chi connectivity index (χ3n) is 3.25. The minimum Gasteiger partial charge on any atom is -0.478 e. The molecule has 2 rings (SSSR count). The molecule has 1 N–H and O–H groups in total. The zero-order valence-electron chi connectivity index (χ0n) is 13.3. The lowest BCUT2D eigenvalue weighted by Crippen LogP contribution is -2.28. The maximum Gasteiger partial charge on any atom is 0.534 e. The Morgan fingerprint density at radius 3 is 2.41 bits per heavy atom. The number of hydrogen-bond acceptors (Lipinski definition) is 5. The number of alkyl halides is 3. The van der Waals surface area contributed by atoms with Crippen LogP contribution in [0.15, 0.2) is 48.5 Å². The fraction of sp³-hybridized carbons (Fsp3) is 0.0588. The Morgan fingerprint density at radius 2 is 1.81 bits per heavy atom. The Balaban J connectivity index is 2.55.